The highest BCUT2D eigenvalue weighted by Gasteiger charge is 2.39. The summed E-state index contributed by atoms with van der Waals surface area (Å²) in [5.41, 5.74) is 3.40. The van der Waals surface area contributed by atoms with Crippen molar-refractivity contribution >= 4 is 45.6 Å². The lowest BCUT2D eigenvalue weighted by atomic mass is 10.1. The lowest BCUT2D eigenvalue weighted by molar-refractivity contribution is -0.114. The van der Waals surface area contributed by atoms with E-state index in [1.165, 1.54) is 26.7 Å². The average molecular weight is 468 g/mol. The standard InChI is InChI=1S/C29H29NOSSi/c1-23-22-26(30-24(2)31)19-18-25(23)20-21-32-33(27-12-6-3-7-13-27,28-14-8-4-9-15-28)29-16-10-5-11-17-29/h3-19,22H,20-21H2,1-2H3,(H,30,31). The summed E-state index contributed by atoms with van der Waals surface area (Å²) in [5.74, 6) is 0.979. The van der Waals surface area contributed by atoms with Crippen molar-refractivity contribution in [1.82, 2.24) is 0 Å². The normalized spacial score (nSPS) is 11.2. The molecule has 4 heteroatoms. The van der Waals surface area contributed by atoms with Gasteiger partial charge in [-0.05, 0) is 57.9 Å². The number of carbonyl (C=O) groups is 1. The average Bonchev–Trinajstić information content (AvgIpc) is 2.84. The Labute approximate surface area is 201 Å². The number of amides is 1. The van der Waals surface area contributed by atoms with Crippen molar-refractivity contribution in [3.63, 3.8) is 0 Å². The lowest BCUT2D eigenvalue weighted by Gasteiger charge is -2.33. The van der Waals surface area contributed by atoms with Gasteiger partial charge in [-0.1, -0.05) is 97.1 Å². The summed E-state index contributed by atoms with van der Waals surface area (Å²) < 4.78 is 0. The first kappa shape index (κ1) is 23.1. The van der Waals surface area contributed by atoms with Crippen molar-refractivity contribution < 1.29 is 4.79 Å². The molecule has 0 saturated carbocycles. The van der Waals surface area contributed by atoms with Gasteiger partial charge in [0.15, 0.2) is 0 Å². The van der Waals surface area contributed by atoms with E-state index >= 15 is 0 Å². The Bertz CT molecular complexity index is 1100. The van der Waals surface area contributed by atoms with Crippen LogP contribution in [0.5, 0.6) is 0 Å². The molecule has 33 heavy (non-hydrogen) atoms. The molecule has 4 aromatic rings. The van der Waals surface area contributed by atoms with E-state index in [2.05, 4.69) is 127 Å². The number of benzene rings is 4. The monoisotopic (exact) mass is 467 g/mol. The van der Waals surface area contributed by atoms with E-state index in [0.29, 0.717) is 0 Å². The van der Waals surface area contributed by atoms with Crippen molar-refractivity contribution in [3.05, 3.63) is 120 Å². The third kappa shape index (κ3) is 5.29. The van der Waals surface area contributed by atoms with E-state index in [1.807, 2.05) is 6.07 Å². The number of carbonyl (C=O) groups excluding carboxylic acids is 1. The van der Waals surface area contributed by atoms with E-state index in [4.69, 9.17) is 0 Å². The van der Waals surface area contributed by atoms with Crippen LogP contribution in [0.1, 0.15) is 18.1 Å². The Balaban J connectivity index is 1.69. The Morgan fingerprint density at radius 2 is 1.24 bits per heavy atom. The molecule has 0 atom stereocenters. The fraction of sp³-hybridized carbons (Fsp3) is 0.138. The number of hydrogen-bond donors (Lipinski definition) is 1. The fourth-order valence-corrected chi connectivity index (χ4v) is 12.4. The zero-order chi connectivity index (χ0) is 23.1. The first-order valence-electron chi connectivity index (χ1n) is 11.3. The van der Waals surface area contributed by atoms with E-state index < -0.39 is 7.22 Å². The van der Waals surface area contributed by atoms with Gasteiger partial charge >= 0.3 is 0 Å². The molecule has 0 bridgehead atoms. The summed E-state index contributed by atoms with van der Waals surface area (Å²) in [6, 6.07) is 39.3. The van der Waals surface area contributed by atoms with Crippen LogP contribution in [0.25, 0.3) is 0 Å². The van der Waals surface area contributed by atoms with Crippen LogP contribution in [-0.2, 0) is 11.2 Å². The predicted octanol–water partition coefficient (Wildman–Crippen LogP) is 4.90. The van der Waals surface area contributed by atoms with Crippen LogP contribution in [0.15, 0.2) is 109 Å². The van der Waals surface area contributed by atoms with E-state index in [9.17, 15) is 4.79 Å². The van der Waals surface area contributed by atoms with Crippen molar-refractivity contribution in [3.8, 4) is 0 Å². The molecule has 0 unspecified atom stereocenters. The van der Waals surface area contributed by atoms with Gasteiger partial charge in [-0.2, -0.15) is 11.2 Å². The number of anilines is 1. The molecule has 2 nitrogen and oxygen atoms in total. The second-order valence-electron chi connectivity index (χ2n) is 8.20. The van der Waals surface area contributed by atoms with Crippen molar-refractivity contribution in [2.75, 3.05) is 11.1 Å². The van der Waals surface area contributed by atoms with E-state index in [1.54, 1.807) is 6.92 Å². The number of rotatable bonds is 8. The van der Waals surface area contributed by atoms with E-state index in [0.717, 1.165) is 17.9 Å². The minimum Gasteiger partial charge on any atom is -0.326 e. The summed E-state index contributed by atoms with van der Waals surface area (Å²) in [6.45, 7) is 3.67. The quantitative estimate of drug-likeness (QED) is 0.295. The van der Waals surface area contributed by atoms with Gasteiger partial charge in [0, 0.05) is 12.6 Å². The maximum atomic E-state index is 11.4. The molecule has 0 saturated heterocycles. The smallest absolute Gasteiger partial charge is 0.221 e. The molecule has 1 amide bonds. The van der Waals surface area contributed by atoms with Crippen molar-refractivity contribution in [1.29, 1.82) is 0 Å². The van der Waals surface area contributed by atoms with Crippen molar-refractivity contribution in [2.45, 2.75) is 20.3 Å². The molecule has 0 aliphatic rings. The second kappa shape index (κ2) is 10.7. The molecule has 0 aliphatic heterocycles. The van der Waals surface area contributed by atoms with Crippen LogP contribution >= 0.6 is 11.2 Å². The highest BCUT2D eigenvalue weighted by Crippen LogP contribution is 2.24. The van der Waals surface area contributed by atoms with Gasteiger partial charge in [0.05, 0.1) is 0 Å². The molecule has 4 aromatic carbocycles. The van der Waals surface area contributed by atoms with Crippen LogP contribution in [-0.4, -0.2) is 18.9 Å². The first-order chi connectivity index (χ1) is 16.1. The molecule has 166 valence electrons. The molecule has 0 spiro atoms. The van der Waals surface area contributed by atoms with Crippen LogP contribution < -0.4 is 20.9 Å². The largest absolute Gasteiger partial charge is 0.326 e. The third-order valence-corrected chi connectivity index (χ3v) is 14.2. The van der Waals surface area contributed by atoms with Gasteiger partial charge in [-0.3, -0.25) is 4.79 Å². The Hall–Kier alpha value is -3.08. The molecule has 0 fully saturated rings. The van der Waals surface area contributed by atoms with Crippen LogP contribution in [0.3, 0.4) is 0 Å². The predicted molar refractivity (Wildman–Crippen MR) is 146 cm³/mol. The minimum absolute atomic E-state index is 0.0397. The summed E-state index contributed by atoms with van der Waals surface area (Å²) in [7, 11) is -2.27. The van der Waals surface area contributed by atoms with Gasteiger partial charge in [-0.25, -0.2) is 0 Å². The van der Waals surface area contributed by atoms with Crippen LogP contribution in [0.4, 0.5) is 5.69 Å². The van der Waals surface area contributed by atoms with Gasteiger partial charge in [0.1, 0.15) is 0 Å². The lowest BCUT2D eigenvalue weighted by Crippen LogP contribution is -2.65. The maximum absolute atomic E-state index is 11.4. The van der Waals surface area contributed by atoms with Gasteiger partial charge in [0.2, 0.25) is 13.1 Å². The Morgan fingerprint density at radius 3 is 1.67 bits per heavy atom. The highest BCUT2D eigenvalue weighted by molar-refractivity contribution is 8.33. The second-order valence-corrected chi connectivity index (χ2v) is 14.7. The Kier molecular flexibility index (Phi) is 7.48. The summed E-state index contributed by atoms with van der Waals surface area (Å²) in [5, 5.41) is 7.14. The van der Waals surface area contributed by atoms with Gasteiger partial charge < -0.3 is 5.32 Å². The van der Waals surface area contributed by atoms with Crippen LogP contribution in [0.2, 0.25) is 0 Å². The van der Waals surface area contributed by atoms with Gasteiger partial charge in [0.25, 0.3) is 0 Å². The molecule has 0 aliphatic carbocycles. The highest BCUT2D eigenvalue weighted by atomic mass is 32.4. The van der Waals surface area contributed by atoms with Crippen molar-refractivity contribution in [2.24, 2.45) is 0 Å². The summed E-state index contributed by atoms with van der Waals surface area (Å²) in [6.07, 6.45) is 0.984. The molecule has 0 radical (unpaired) electrons. The maximum Gasteiger partial charge on any atom is 0.221 e. The SMILES string of the molecule is CC(=O)Nc1ccc(CCS[Si](c2ccccc2)(c2ccccc2)c2ccccc2)c(C)c1. The number of aryl methyl sites for hydroxylation is 2. The fourth-order valence-electron chi connectivity index (χ4n) is 4.34. The zero-order valence-electron chi connectivity index (χ0n) is 19.1. The summed E-state index contributed by atoms with van der Waals surface area (Å²) >= 11 is 2.12. The van der Waals surface area contributed by atoms with Crippen LogP contribution in [0, 0.1) is 6.92 Å². The molecule has 0 heterocycles. The topological polar surface area (TPSA) is 29.1 Å². The number of hydrogen-bond acceptors (Lipinski definition) is 2. The summed E-state index contributed by atoms with van der Waals surface area (Å²) in [4.78, 5) is 11.4. The van der Waals surface area contributed by atoms with E-state index in [-0.39, 0.29) is 5.91 Å². The molecule has 1 N–H and O–H groups in total. The first-order valence-corrected chi connectivity index (χ1v) is 15.0. The van der Waals surface area contributed by atoms with Gasteiger partial charge in [-0.15, -0.1) is 0 Å². The number of nitrogens with one attached hydrogen (secondary N) is 1. The molecule has 4 rings (SSSR count). The molecular weight excluding hydrogens is 438 g/mol. The molecular formula is C29H29NOSSi. The zero-order valence-corrected chi connectivity index (χ0v) is 20.9. The minimum atomic E-state index is -2.27. The molecule has 0 aromatic heterocycles. The third-order valence-electron chi connectivity index (χ3n) is 5.89. The Morgan fingerprint density at radius 1 is 0.758 bits per heavy atom.